The molecule has 0 aromatic heterocycles. The zero-order chi connectivity index (χ0) is 21.8. The van der Waals surface area contributed by atoms with E-state index >= 15 is 0 Å². The third-order valence-corrected chi connectivity index (χ3v) is 8.92. The molecule has 2 aliphatic carbocycles. The average Bonchev–Trinajstić information content (AvgIpc) is 3.44. The Morgan fingerprint density at radius 1 is 1.00 bits per heavy atom. The monoisotopic (exact) mass is 506 g/mol. The number of rotatable bonds is 3. The van der Waals surface area contributed by atoms with E-state index in [1.54, 1.807) is 6.07 Å². The number of hydrogen-bond acceptors (Lipinski definition) is 2. The summed E-state index contributed by atoms with van der Waals surface area (Å²) in [5.41, 5.74) is 5.26. The van der Waals surface area contributed by atoms with Crippen LogP contribution in [0.1, 0.15) is 52.7 Å². The van der Waals surface area contributed by atoms with Crippen LogP contribution >= 0.6 is 27.5 Å². The summed E-state index contributed by atoms with van der Waals surface area (Å²) in [5, 5.41) is 7.42. The van der Waals surface area contributed by atoms with Crippen LogP contribution in [0.4, 0.5) is 11.4 Å². The first-order chi connectivity index (χ1) is 15.6. The van der Waals surface area contributed by atoms with Gasteiger partial charge in [-0.25, -0.2) is 0 Å². The number of halogens is 2. The predicted molar refractivity (Wildman–Crippen MR) is 133 cm³/mol. The maximum Gasteiger partial charge on any atom is 0.255 e. The Labute approximate surface area is 201 Å². The predicted octanol–water partition coefficient (Wildman–Crippen LogP) is 7.65. The summed E-state index contributed by atoms with van der Waals surface area (Å²) in [6.45, 7) is 0. The molecule has 3 nitrogen and oxygen atoms in total. The molecule has 0 radical (unpaired) electrons. The zero-order valence-electron chi connectivity index (χ0n) is 17.5. The van der Waals surface area contributed by atoms with E-state index in [-0.39, 0.29) is 5.91 Å². The lowest BCUT2D eigenvalue weighted by Gasteiger charge is -2.43. The van der Waals surface area contributed by atoms with Crippen molar-refractivity contribution in [2.24, 2.45) is 17.8 Å². The molecule has 0 spiro atoms. The van der Waals surface area contributed by atoms with Gasteiger partial charge in [0.1, 0.15) is 0 Å². The second-order valence-corrected chi connectivity index (χ2v) is 10.6. The van der Waals surface area contributed by atoms with Crippen molar-refractivity contribution in [3.8, 4) is 0 Å². The molecule has 5 heteroatoms. The van der Waals surface area contributed by atoms with Crippen LogP contribution in [0.5, 0.6) is 0 Å². The number of carbonyl (C=O) groups is 1. The molecule has 3 aliphatic rings. The molecule has 6 rings (SSSR count). The Hall–Kier alpha value is -2.30. The Balaban J connectivity index is 1.34. The highest BCUT2D eigenvalue weighted by molar-refractivity contribution is 9.10. The van der Waals surface area contributed by atoms with E-state index in [0.717, 1.165) is 16.3 Å². The minimum absolute atomic E-state index is 0.101. The number of carbonyl (C=O) groups excluding carboxylic acids is 1. The number of nitrogens with one attached hydrogen (secondary N) is 2. The Morgan fingerprint density at radius 2 is 1.81 bits per heavy atom. The van der Waals surface area contributed by atoms with Crippen LogP contribution < -0.4 is 10.6 Å². The molecule has 1 heterocycles. The molecule has 3 aromatic carbocycles. The number of benzene rings is 3. The second-order valence-electron chi connectivity index (χ2n) is 9.35. The minimum Gasteiger partial charge on any atom is -0.378 e. The molecule has 5 atom stereocenters. The Bertz CT molecular complexity index is 1200. The maximum absolute atomic E-state index is 13.0. The van der Waals surface area contributed by atoms with E-state index in [9.17, 15) is 4.79 Å². The Kier molecular flexibility index (Phi) is 5.03. The topological polar surface area (TPSA) is 41.1 Å². The smallest absolute Gasteiger partial charge is 0.255 e. The fraction of sp³-hybridized carbons (Fsp3) is 0.296. The van der Waals surface area contributed by atoms with Crippen molar-refractivity contribution in [1.82, 2.24) is 0 Å². The molecule has 32 heavy (non-hydrogen) atoms. The normalized spacial score (nSPS) is 27.4. The van der Waals surface area contributed by atoms with Crippen LogP contribution in [-0.2, 0) is 0 Å². The van der Waals surface area contributed by atoms with Crippen LogP contribution in [0.3, 0.4) is 0 Å². The van der Waals surface area contributed by atoms with Crippen molar-refractivity contribution in [3.05, 3.63) is 92.9 Å². The van der Waals surface area contributed by atoms with Crippen LogP contribution in [0.2, 0.25) is 5.02 Å². The summed E-state index contributed by atoms with van der Waals surface area (Å²) in [6, 6.07) is 22.8. The van der Waals surface area contributed by atoms with Gasteiger partial charge in [-0.15, -0.1) is 0 Å². The first kappa shape index (κ1) is 20.3. The maximum atomic E-state index is 13.0. The summed E-state index contributed by atoms with van der Waals surface area (Å²) >= 11 is 9.59. The van der Waals surface area contributed by atoms with Gasteiger partial charge in [0.05, 0.1) is 11.1 Å². The fourth-order valence-corrected chi connectivity index (χ4v) is 6.82. The lowest BCUT2D eigenvalue weighted by Crippen LogP contribution is -2.35. The van der Waals surface area contributed by atoms with Gasteiger partial charge in [-0.05, 0) is 106 Å². The van der Waals surface area contributed by atoms with Crippen molar-refractivity contribution >= 4 is 44.8 Å². The van der Waals surface area contributed by atoms with Gasteiger partial charge in [0.25, 0.3) is 5.91 Å². The molecule has 1 amide bonds. The van der Waals surface area contributed by atoms with Gasteiger partial charge >= 0.3 is 0 Å². The van der Waals surface area contributed by atoms with Crippen molar-refractivity contribution in [2.45, 2.75) is 31.2 Å². The standard InChI is InChI=1S/C27H24BrClN2O/c28-21-10-9-19(14-22(21)29)30-27(32)18-8-11-23-20(13-18)24-16-6-7-17(12-16)25(24)26(31-23)15-4-2-1-3-5-15/h1-5,8-11,13-14,16-17,24-26,31H,6-7,12H2,(H,30,32)/t16-,17-,24-,25+,26-/m0/s1. The van der Waals surface area contributed by atoms with E-state index in [0.29, 0.717) is 34.2 Å². The quantitative estimate of drug-likeness (QED) is 0.382. The molecule has 2 N–H and O–H groups in total. The third-order valence-electron chi connectivity index (χ3n) is 7.69. The highest BCUT2D eigenvalue weighted by Gasteiger charge is 2.53. The van der Waals surface area contributed by atoms with Gasteiger partial charge in [0.15, 0.2) is 0 Å². The molecule has 2 saturated carbocycles. The highest BCUT2D eigenvalue weighted by Crippen LogP contribution is 2.63. The molecule has 162 valence electrons. The second kappa shape index (κ2) is 7.93. The summed E-state index contributed by atoms with van der Waals surface area (Å²) in [4.78, 5) is 13.0. The van der Waals surface area contributed by atoms with Crippen LogP contribution in [-0.4, -0.2) is 5.91 Å². The fourth-order valence-electron chi connectivity index (χ4n) is 6.39. The van der Waals surface area contributed by atoms with E-state index < -0.39 is 0 Å². The van der Waals surface area contributed by atoms with E-state index in [1.165, 1.54) is 36.1 Å². The van der Waals surface area contributed by atoms with Crippen molar-refractivity contribution in [1.29, 1.82) is 0 Å². The van der Waals surface area contributed by atoms with Gasteiger partial charge in [0, 0.05) is 21.4 Å². The molecule has 3 aromatic rings. The molecule has 0 unspecified atom stereocenters. The number of fused-ring (bicyclic) bond motifs is 7. The molecule has 1 aliphatic heterocycles. The SMILES string of the molecule is O=C(Nc1ccc(Br)c(Cl)c1)c1ccc2c(c1)[C@@H]1[C@H]3CC[C@@H](C3)[C@H]1[C@H](c1ccccc1)N2. The third kappa shape index (κ3) is 3.36. The van der Waals surface area contributed by atoms with Gasteiger partial charge < -0.3 is 10.6 Å². The first-order valence-corrected chi connectivity index (χ1v) is 12.5. The summed E-state index contributed by atoms with van der Waals surface area (Å²) in [7, 11) is 0. The van der Waals surface area contributed by atoms with Crippen molar-refractivity contribution in [2.75, 3.05) is 10.6 Å². The average molecular weight is 508 g/mol. The van der Waals surface area contributed by atoms with Crippen molar-refractivity contribution < 1.29 is 4.79 Å². The summed E-state index contributed by atoms with van der Waals surface area (Å²) in [5.74, 6) is 2.49. The van der Waals surface area contributed by atoms with Gasteiger partial charge in [0.2, 0.25) is 0 Å². The lowest BCUT2D eigenvalue weighted by molar-refractivity contribution is 0.102. The lowest BCUT2D eigenvalue weighted by atomic mass is 9.68. The number of anilines is 2. The van der Waals surface area contributed by atoms with Gasteiger partial charge in [-0.3, -0.25) is 4.79 Å². The van der Waals surface area contributed by atoms with E-state index in [2.05, 4.69) is 69.0 Å². The van der Waals surface area contributed by atoms with E-state index in [4.69, 9.17) is 11.6 Å². The molecule has 0 saturated heterocycles. The first-order valence-electron chi connectivity index (χ1n) is 11.3. The van der Waals surface area contributed by atoms with E-state index in [1.807, 2.05) is 18.2 Å². The van der Waals surface area contributed by atoms with Gasteiger partial charge in [-0.1, -0.05) is 41.9 Å². The molecular formula is C27H24BrClN2O. The molecule has 2 fully saturated rings. The molecule has 2 bridgehead atoms. The van der Waals surface area contributed by atoms with Crippen LogP contribution in [0.25, 0.3) is 0 Å². The highest BCUT2D eigenvalue weighted by atomic mass is 79.9. The minimum atomic E-state index is -0.101. The largest absolute Gasteiger partial charge is 0.378 e. The van der Waals surface area contributed by atoms with Crippen LogP contribution in [0, 0.1) is 17.8 Å². The zero-order valence-corrected chi connectivity index (χ0v) is 19.9. The summed E-state index contributed by atoms with van der Waals surface area (Å²) in [6.07, 6.45) is 3.95. The number of amides is 1. The molecular weight excluding hydrogens is 484 g/mol. The number of hydrogen-bond donors (Lipinski definition) is 2. The van der Waals surface area contributed by atoms with Crippen molar-refractivity contribution in [3.63, 3.8) is 0 Å². The summed E-state index contributed by atoms with van der Waals surface area (Å²) < 4.78 is 0.812. The van der Waals surface area contributed by atoms with Gasteiger partial charge in [-0.2, -0.15) is 0 Å². The Morgan fingerprint density at radius 3 is 2.62 bits per heavy atom. The van der Waals surface area contributed by atoms with Crippen LogP contribution in [0.15, 0.2) is 71.2 Å².